The Labute approximate surface area is 101 Å². The van der Waals surface area contributed by atoms with Crippen LogP contribution in [0.1, 0.15) is 29.9 Å². The highest BCUT2D eigenvalue weighted by Gasteiger charge is 2.20. The Morgan fingerprint density at radius 1 is 1.35 bits per heavy atom. The lowest BCUT2D eigenvalue weighted by Crippen LogP contribution is -2.08. The molecule has 0 aliphatic heterocycles. The molecule has 2 aromatic rings. The summed E-state index contributed by atoms with van der Waals surface area (Å²) in [5.41, 5.74) is 2.35. The highest BCUT2D eigenvalue weighted by Crippen LogP contribution is 2.27. The van der Waals surface area contributed by atoms with Gasteiger partial charge in [-0.1, -0.05) is 32.0 Å². The molecule has 1 N–H and O–H groups in total. The van der Waals surface area contributed by atoms with Crippen LogP contribution in [0.5, 0.6) is 0 Å². The first kappa shape index (κ1) is 11.7. The molecule has 0 aliphatic carbocycles. The average molecular weight is 231 g/mol. The van der Waals surface area contributed by atoms with Crippen molar-refractivity contribution < 1.29 is 9.90 Å². The standard InChI is InChI=1S/C14H17NO2/c1-9(2)8-11-10-6-4-5-7-12(10)15(3)13(11)14(16)17/h4-7,9H,8H2,1-3H3,(H,16,17). The molecule has 17 heavy (non-hydrogen) atoms. The number of hydrogen-bond acceptors (Lipinski definition) is 1. The molecule has 90 valence electrons. The van der Waals surface area contributed by atoms with Gasteiger partial charge in [0.05, 0.1) is 0 Å². The van der Waals surface area contributed by atoms with E-state index in [2.05, 4.69) is 13.8 Å². The Morgan fingerprint density at radius 2 is 2.00 bits per heavy atom. The Balaban J connectivity index is 2.76. The van der Waals surface area contributed by atoms with Crippen LogP contribution in [-0.4, -0.2) is 15.6 Å². The summed E-state index contributed by atoms with van der Waals surface area (Å²) in [6, 6.07) is 7.86. The number of nitrogens with zero attached hydrogens (tertiary/aromatic N) is 1. The number of aromatic nitrogens is 1. The SMILES string of the molecule is CC(C)Cc1c(C(=O)O)n(C)c2ccccc12. The van der Waals surface area contributed by atoms with Crippen molar-refractivity contribution in [2.75, 3.05) is 0 Å². The van der Waals surface area contributed by atoms with Crippen LogP contribution in [0.4, 0.5) is 0 Å². The number of carbonyl (C=O) groups is 1. The predicted octanol–water partition coefficient (Wildman–Crippen LogP) is 3.08. The van der Waals surface area contributed by atoms with E-state index in [1.54, 1.807) is 4.57 Å². The third-order valence-electron chi connectivity index (χ3n) is 3.03. The summed E-state index contributed by atoms with van der Waals surface area (Å²) >= 11 is 0. The minimum Gasteiger partial charge on any atom is -0.477 e. The van der Waals surface area contributed by atoms with E-state index in [1.165, 1.54) is 0 Å². The molecule has 0 aliphatic rings. The van der Waals surface area contributed by atoms with E-state index >= 15 is 0 Å². The molecule has 0 fully saturated rings. The van der Waals surface area contributed by atoms with E-state index in [-0.39, 0.29) is 0 Å². The van der Waals surface area contributed by atoms with Crippen molar-refractivity contribution in [2.45, 2.75) is 20.3 Å². The molecular formula is C14H17NO2. The number of fused-ring (bicyclic) bond motifs is 1. The largest absolute Gasteiger partial charge is 0.477 e. The summed E-state index contributed by atoms with van der Waals surface area (Å²) in [6.07, 6.45) is 0.795. The van der Waals surface area contributed by atoms with Crippen LogP contribution in [0.3, 0.4) is 0 Å². The molecule has 1 aromatic heterocycles. The molecule has 0 saturated carbocycles. The fourth-order valence-electron chi connectivity index (χ4n) is 2.36. The lowest BCUT2D eigenvalue weighted by molar-refractivity contribution is 0.0685. The first-order valence-corrected chi connectivity index (χ1v) is 5.82. The quantitative estimate of drug-likeness (QED) is 0.882. The van der Waals surface area contributed by atoms with E-state index in [9.17, 15) is 9.90 Å². The maximum Gasteiger partial charge on any atom is 0.352 e. The van der Waals surface area contributed by atoms with Crippen molar-refractivity contribution in [3.05, 3.63) is 35.5 Å². The van der Waals surface area contributed by atoms with Gasteiger partial charge in [0.2, 0.25) is 0 Å². The van der Waals surface area contributed by atoms with Crippen LogP contribution in [0.2, 0.25) is 0 Å². The normalized spacial score (nSPS) is 11.3. The molecule has 0 spiro atoms. The zero-order chi connectivity index (χ0) is 12.6. The molecule has 0 amide bonds. The van der Waals surface area contributed by atoms with Gasteiger partial charge < -0.3 is 9.67 Å². The van der Waals surface area contributed by atoms with Gasteiger partial charge in [0.25, 0.3) is 0 Å². The second kappa shape index (κ2) is 4.24. The molecule has 0 radical (unpaired) electrons. The molecule has 0 bridgehead atoms. The fourth-order valence-corrected chi connectivity index (χ4v) is 2.36. The number of benzene rings is 1. The molecule has 1 aromatic carbocycles. The number of aryl methyl sites for hydroxylation is 1. The van der Waals surface area contributed by atoms with Gasteiger partial charge >= 0.3 is 5.97 Å². The molecule has 3 nitrogen and oxygen atoms in total. The Bertz CT molecular complexity index is 567. The highest BCUT2D eigenvalue weighted by molar-refractivity contribution is 5.98. The van der Waals surface area contributed by atoms with Gasteiger partial charge in [-0.05, 0) is 24.0 Å². The second-order valence-electron chi connectivity index (χ2n) is 4.81. The van der Waals surface area contributed by atoms with Crippen molar-refractivity contribution >= 4 is 16.9 Å². The fraction of sp³-hybridized carbons (Fsp3) is 0.357. The third-order valence-corrected chi connectivity index (χ3v) is 3.03. The monoisotopic (exact) mass is 231 g/mol. The number of aromatic carboxylic acids is 1. The number of carboxylic acid groups (broad SMARTS) is 1. The van der Waals surface area contributed by atoms with Gasteiger partial charge in [0, 0.05) is 18.0 Å². The van der Waals surface area contributed by atoms with Crippen molar-refractivity contribution in [1.29, 1.82) is 0 Å². The van der Waals surface area contributed by atoms with Crippen LogP contribution in [0, 0.1) is 5.92 Å². The van der Waals surface area contributed by atoms with Crippen LogP contribution >= 0.6 is 0 Å². The lowest BCUT2D eigenvalue weighted by Gasteiger charge is -2.05. The van der Waals surface area contributed by atoms with Gasteiger partial charge in [-0.2, -0.15) is 0 Å². The van der Waals surface area contributed by atoms with Crippen LogP contribution in [0.15, 0.2) is 24.3 Å². The van der Waals surface area contributed by atoms with E-state index in [1.807, 2.05) is 31.3 Å². The van der Waals surface area contributed by atoms with E-state index in [4.69, 9.17) is 0 Å². The number of para-hydroxylation sites is 1. The molecule has 0 atom stereocenters. The smallest absolute Gasteiger partial charge is 0.352 e. The minimum atomic E-state index is -0.848. The maximum atomic E-state index is 11.4. The van der Waals surface area contributed by atoms with Crippen LogP contribution in [-0.2, 0) is 13.5 Å². The van der Waals surface area contributed by atoms with Crippen molar-refractivity contribution in [1.82, 2.24) is 4.57 Å². The second-order valence-corrected chi connectivity index (χ2v) is 4.81. The Hall–Kier alpha value is -1.77. The van der Waals surface area contributed by atoms with Crippen molar-refractivity contribution in [3.8, 4) is 0 Å². The van der Waals surface area contributed by atoms with Crippen LogP contribution < -0.4 is 0 Å². The zero-order valence-corrected chi connectivity index (χ0v) is 10.4. The van der Waals surface area contributed by atoms with Crippen molar-refractivity contribution in [2.24, 2.45) is 13.0 Å². The number of rotatable bonds is 3. The summed E-state index contributed by atoms with van der Waals surface area (Å²) in [5, 5.41) is 10.4. The minimum absolute atomic E-state index is 0.417. The summed E-state index contributed by atoms with van der Waals surface area (Å²) in [4.78, 5) is 11.4. The Kier molecular flexibility index (Phi) is 2.92. The highest BCUT2D eigenvalue weighted by atomic mass is 16.4. The van der Waals surface area contributed by atoms with Crippen molar-refractivity contribution in [3.63, 3.8) is 0 Å². The zero-order valence-electron chi connectivity index (χ0n) is 10.4. The first-order chi connectivity index (χ1) is 8.02. The van der Waals surface area contributed by atoms with Crippen LogP contribution in [0.25, 0.3) is 10.9 Å². The first-order valence-electron chi connectivity index (χ1n) is 5.82. The Morgan fingerprint density at radius 3 is 2.59 bits per heavy atom. The molecule has 0 saturated heterocycles. The van der Waals surface area contributed by atoms with E-state index in [0.29, 0.717) is 11.6 Å². The topological polar surface area (TPSA) is 42.2 Å². The molecular weight excluding hydrogens is 214 g/mol. The van der Waals surface area contributed by atoms with Gasteiger partial charge in [0.15, 0.2) is 0 Å². The van der Waals surface area contributed by atoms with Gasteiger partial charge in [-0.3, -0.25) is 0 Å². The summed E-state index contributed by atoms with van der Waals surface area (Å²) in [7, 11) is 1.82. The molecule has 0 unspecified atom stereocenters. The summed E-state index contributed by atoms with van der Waals surface area (Å²) in [6.45, 7) is 4.21. The summed E-state index contributed by atoms with van der Waals surface area (Å²) in [5.74, 6) is -0.404. The van der Waals surface area contributed by atoms with Gasteiger partial charge in [-0.15, -0.1) is 0 Å². The number of carboxylic acids is 1. The maximum absolute atomic E-state index is 11.4. The molecule has 1 heterocycles. The van der Waals surface area contributed by atoms with E-state index in [0.717, 1.165) is 22.9 Å². The van der Waals surface area contributed by atoms with Gasteiger partial charge in [-0.25, -0.2) is 4.79 Å². The summed E-state index contributed by atoms with van der Waals surface area (Å²) < 4.78 is 1.77. The number of hydrogen-bond donors (Lipinski definition) is 1. The molecule has 3 heteroatoms. The lowest BCUT2D eigenvalue weighted by atomic mass is 10.00. The average Bonchev–Trinajstić information content (AvgIpc) is 2.52. The molecule has 2 rings (SSSR count). The van der Waals surface area contributed by atoms with Gasteiger partial charge in [0.1, 0.15) is 5.69 Å². The third kappa shape index (κ3) is 1.93. The van der Waals surface area contributed by atoms with E-state index < -0.39 is 5.97 Å². The predicted molar refractivity (Wildman–Crippen MR) is 68.4 cm³/mol.